The molecule has 0 spiro atoms. The quantitative estimate of drug-likeness (QED) is 0.810. The molecule has 0 bridgehead atoms. The molecular weight excluding hydrogens is 220 g/mol. The number of amides is 1. The number of nitrogens with zero attached hydrogens (tertiary/aromatic N) is 1. The van der Waals surface area contributed by atoms with Crippen molar-refractivity contribution in [2.45, 2.75) is 43.9 Å². The van der Waals surface area contributed by atoms with E-state index in [1.54, 1.807) is 0 Å². The number of hydrogen-bond acceptors (Lipinski definition) is 3. The first-order chi connectivity index (χ1) is 7.81. The maximum Gasteiger partial charge on any atom is 0.235 e. The summed E-state index contributed by atoms with van der Waals surface area (Å²) in [6, 6.07) is 0.537. The average Bonchev–Trinajstić information content (AvgIpc) is 2.97. The van der Waals surface area contributed by atoms with E-state index in [9.17, 15) is 4.79 Å². The molecule has 2 aliphatic heterocycles. The first-order valence-corrected chi connectivity index (χ1v) is 7.50. The molecule has 2 atom stereocenters. The third kappa shape index (κ3) is 2.92. The molecule has 92 valence electrons. The van der Waals surface area contributed by atoms with Crippen molar-refractivity contribution in [3.63, 3.8) is 0 Å². The van der Waals surface area contributed by atoms with E-state index in [4.69, 9.17) is 0 Å². The van der Waals surface area contributed by atoms with Crippen molar-refractivity contribution in [3.05, 3.63) is 0 Å². The third-order valence-corrected chi connectivity index (χ3v) is 4.87. The molecule has 0 aromatic heterocycles. The maximum absolute atomic E-state index is 12.2. The smallest absolute Gasteiger partial charge is 0.235 e. The lowest BCUT2D eigenvalue weighted by Gasteiger charge is -2.26. The summed E-state index contributed by atoms with van der Waals surface area (Å²) in [6.45, 7) is 4.97. The Labute approximate surface area is 102 Å². The van der Waals surface area contributed by atoms with Crippen LogP contribution in [0.4, 0.5) is 0 Å². The molecule has 2 aliphatic rings. The van der Waals surface area contributed by atoms with Crippen molar-refractivity contribution >= 4 is 17.7 Å². The molecule has 0 saturated carbocycles. The molecule has 0 aromatic carbocycles. The second kappa shape index (κ2) is 5.92. The molecule has 0 aromatic rings. The van der Waals surface area contributed by atoms with Crippen LogP contribution < -0.4 is 5.32 Å². The van der Waals surface area contributed by atoms with E-state index >= 15 is 0 Å². The standard InChI is InChI=1S/C12H22N2OS/c1-2-14(9-10-5-3-7-13-10)12(15)11-6-4-8-16-11/h10-11,13H,2-9H2,1H3. The van der Waals surface area contributed by atoms with Crippen LogP contribution in [0.25, 0.3) is 0 Å². The Balaban J connectivity index is 1.84. The highest BCUT2D eigenvalue weighted by Gasteiger charge is 2.28. The van der Waals surface area contributed by atoms with Crippen molar-refractivity contribution < 1.29 is 4.79 Å². The van der Waals surface area contributed by atoms with Crippen LogP contribution in [-0.2, 0) is 4.79 Å². The minimum Gasteiger partial charge on any atom is -0.340 e. The summed E-state index contributed by atoms with van der Waals surface area (Å²) in [6.07, 6.45) is 4.77. The van der Waals surface area contributed by atoms with Gasteiger partial charge in [0.25, 0.3) is 0 Å². The van der Waals surface area contributed by atoms with E-state index in [0.717, 1.165) is 31.8 Å². The van der Waals surface area contributed by atoms with Gasteiger partial charge in [0.15, 0.2) is 0 Å². The topological polar surface area (TPSA) is 32.3 Å². The van der Waals surface area contributed by atoms with Gasteiger partial charge in [0.1, 0.15) is 0 Å². The zero-order valence-electron chi connectivity index (χ0n) is 10.1. The second-order valence-electron chi connectivity index (χ2n) is 4.67. The number of likely N-dealkylation sites (N-methyl/N-ethyl adjacent to an activating group) is 1. The van der Waals surface area contributed by atoms with Crippen LogP contribution in [0.2, 0.25) is 0 Å². The fraction of sp³-hybridized carbons (Fsp3) is 0.917. The molecule has 0 radical (unpaired) electrons. The van der Waals surface area contributed by atoms with Gasteiger partial charge in [-0.05, 0) is 44.9 Å². The zero-order chi connectivity index (χ0) is 11.4. The molecule has 16 heavy (non-hydrogen) atoms. The van der Waals surface area contributed by atoms with E-state index < -0.39 is 0 Å². The van der Waals surface area contributed by atoms with Crippen molar-refractivity contribution in [1.82, 2.24) is 10.2 Å². The molecule has 2 heterocycles. The summed E-state index contributed by atoms with van der Waals surface area (Å²) in [5, 5.41) is 3.72. The summed E-state index contributed by atoms with van der Waals surface area (Å²) in [4.78, 5) is 14.3. The molecule has 2 unspecified atom stereocenters. The third-order valence-electron chi connectivity index (χ3n) is 3.50. The Morgan fingerprint density at radius 2 is 2.31 bits per heavy atom. The van der Waals surface area contributed by atoms with Gasteiger partial charge in [-0.3, -0.25) is 4.79 Å². The largest absolute Gasteiger partial charge is 0.340 e. The average molecular weight is 242 g/mol. The number of hydrogen-bond donors (Lipinski definition) is 1. The Bertz CT molecular complexity index is 235. The Kier molecular flexibility index (Phi) is 4.53. The van der Waals surface area contributed by atoms with Crippen molar-refractivity contribution in [2.75, 3.05) is 25.4 Å². The fourth-order valence-electron chi connectivity index (χ4n) is 2.53. The molecule has 1 N–H and O–H groups in total. The van der Waals surface area contributed by atoms with Crippen molar-refractivity contribution in [3.8, 4) is 0 Å². The van der Waals surface area contributed by atoms with Crippen LogP contribution in [-0.4, -0.2) is 47.5 Å². The minimum atomic E-state index is 0.251. The normalized spacial score (nSPS) is 29.6. The molecule has 1 amide bonds. The zero-order valence-corrected chi connectivity index (χ0v) is 10.9. The van der Waals surface area contributed by atoms with Crippen molar-refractivity contribution in [1.29, 1.82) is 0 Å². The lowest BCUT2D eigenvalue weighted by Crippen LogP contribution is -2.44. The van der Waals surface area contributed by atoms with E-state index in [1.807, 2.05) is 16.7 Å². The van der Waals surface area contributed by atoms with Gasteiger partial charge >= 0.3 is 0 Å². The van der Waals surface area contributed by atoms with Gasteiger partial charge in [-0.25, -0.2) is 0 Å². The molecule has 2 fully saturated rings. The van der Waals surface area contributed by atoms with Crippen LogP contribution >= 0.6 is 11.8 Å². The second-order valence-corrected chi connectivity index (χ2v) is 5.98. The maximum atomic E-state index is 12.2. The SMILES string of the molecule is CCN(CC1CCCN1)C(=O)C1CCCS1. The number of rotatable bonds is 4. The van der Waals surface area contributed by atoms with Gasteiger partial charge in [-0.2, -0.15) is 0 Å². The van der Waals surface area contributed by atoms with Gasteiger partial charge in [0, 0.05) is 19.1 Å². The fourth-order valence-corrected chi connectivity index (χ4v) is 3.77. The lowest BCUT2D eigenvalue weighted by atomic mass is 10.2. The highest BCUT2D eigenvalue weighted by atomic mass is 32.2. The van der Waals surface area contributed by atoms with Crippen LogP contribution in [0.1, 0.15) is 32.6 Å². The highest BCUT2D eigenvalue weighted by molar-refractivity contribution is 8.00. The highest BCUT2D eigenvalue weighted by Crippen LogP contribution is 2.27. The van der Waals surface area contributed by atoms with Gasteiger partial charge in [0.2, 0.25) is 5.91 Å². The molecule has 3 nitrogen and oxygen atoms in total. The summed E-state index contributed by atoms with van der Waals surface area (Å²) in [7, 11) is 0. The van der Waals surface area contributed by atoms with E-state index in [2.05, 4.69) is 12.2 Å². The molecular formula is C12H22N2OS. The lowest BCUT2D eigenvalue weighted by molar-refractivity contribution is -0.130. The number of thioether (sulfide) groups is 1. The summed E-state index contributed by atoms with van der Waals surface area (Å²) < 4.78 is 0. The summed E-state index contributed by atoms with van der Waals surface area (Å²) >= 11 is 1.84. The summed E-state index contributed by atoms with van der Waals surface area (Å²) in [5.41, 5.74) is 0. The number of carbonyl (C=O) groups excluding carboxylic acids is 1. The number of carbonyl (C=O) groups is 1. The van der Waals surface area contributed by atoms with Crippen LogP contribution in [0, 0.1) is 0 Å². The molecule has 2 rings (SSSR count). The van der Waals surface area contributed by atoms with Gasteiger partial charge in [0.05, 0.1) is 5.25 Å². The first kappa shape index (κ1) is 12.2. The molecule has 4 heteroatoms. The Morgan fingerprint density at radius 3 is 2.88 bits per heavy atom. The van der Waals surface area contributed by atoms with E-state index in [1.165, 1.54) is 19.3 Å². The van der Waals surface area contributed by atoms with Gasteiger partial charge in [-0.15, -0.1) is 11.8 Å². The Morgan fingerprint density at radius 1 is 1.44 bits per heavy atom. The van der Waals surface area contributed by atoms with Gasteiger partial charge < -0.3 is 10.2 Å². The van der Waals surface area contributed by atoms with Crippen LogP contribution in [0.3, 0.4) is 0 Å². The number of nitrogens with one attached hydrogen (secondary N) is 1. The summed E-state index contributed by atoms with van der Waals surface area (Å²) in [5.74, 6) is 1.54. The van der Waals surface area contributed by atoms with E-state index in [0.29, 0.717) is 11.9 Å². The van der Waals surface area contributed by atoms with Gasteiger partial charge in [-0.1, -0.05) is 0 Å². The first-order valence-electron chi connectivity index (χ1n) is 6.45. The predicted octanol–water partition coefficient (Wildman–Crippen LogP) is 1.48. The molecule has 0 aliphatic carbocycles. The predicted molar refractivity (Wildman–Crippen MR) is 68.8 cm³/mol. The molecule has 2 saturated heterocycles. The minimum absolute atomic E-state index is 0.251. The van der Waals surface area contributed by atoms with Crippen LogP contribution in [0.15, 0.2) is 0 Å². The van der Waals surface area contributed by atoms with E-state index in [-0.39, 0.29) is 5.25 Å². The monoisotopic (exact) mass is 242 g/mol. The van der Waals surface area contributed by atoms with Crippen molar-refractivity contribution in [2.24, 2.45) is 0 Å². The Hall–Kier alpha value is -0.220. The van der Waals surface area contributed by atoms with Crippen LogP contribution in [0.5, 0.6) is 0 Å².